The number of carbonyl (C=O) groups is 1. The minimum Gasteiger partial charge on any atom is -0.490 e. The number of nitrogens with zero attached hydrogens (tertiary/aromatic N) is 1. The largest absolute Gasteiger partial charge is 0.490 e. The number of ether oxygens (including phenoxy) is 1. The van der Waals surface area contributed by atoms with Crippen molar-refractivity contribution in [1.29, 1.82) is 0 Å². The molecular weight excluding hydrogens is 276 g/mol. The Hall–Kier alpha value is -2.25. The maximum Gasteiger partial charge on any atom is 0.307 e. The molecule has 1 saturated carbocycles. The van der Waals surface area contributed by atoms with Gasteiger partial charge >= 0.3 is 11.7 Å². The van der Waals surface area contributed by atoms with Gasteiger partial charge in [0.2, 0.25) is 5.82 Å². The maximum atomic E-state index is 13.5. The van der Waals surface area contributed by atoms with Gasteiger partial charge in [-0.1, -0.05) is 0 Å². The number of hydrogen-bond donors (Lipinski definition) is 1. The van der Waals surface area contributed by atoms with E-state index < -0.39 is 39.4 Å². The zero-order chi connectivity index (χ0) is 14.9. The van der Waals surface area contributed by atoms with E-state index in [1.807, 2.05) is 0 Å². The third-order valence-electron chi connectivity index (χ3n) is 3.22. The van der Waals surface area contributed by atoms with Crippen molar-refractivity contribution in [3.8, 4) is 5.75 Å². The molecule has 20 heavy (non-hydrogen) atoms. The van der Waals surface area contributed by atoms with Gasteiger partial charge in [0.15, 0.2) is 11.6 Å². The van der Waals surface area contributed by atoms with Crippen molar-refractivity contribution in [2.45, 2.75) is 19.3 Å². The van der Waals surface area contributed by atoms with Crippen LogP contribution in [0.4, 0.5) is 14.5 Å². The van der Waals surface area contributed by atoms with Crippen LogP contribution in [0, 0.1) is 27.2 Å². The Morgan fingerprint density at radius 2 is 2.05 bits per heavy atom. The standard InChI is InChI=1S/C12H11F2NO5/c13-7-4-10(8(14)3-9(7)15(18)19)20-6-12(1-2-12)5-11(16)17/h3-4H,1-2,5-6H2,(H,16,17). The van der Waals surface area contributed by atoms with Crippen LogP contribution >= 0.6 is 0 Å². The summed E-state index contributed by atoms with van der Waals surface area (Å²) in [4.78, 5) is 20.0. The summed E-state index contributed by atoms with van der Waals surface area (Å²) < 4.78 is 32.0. The van der Waals surface area contributed by atoms with Gasteiger partial charge in [0.05, 0.1) is 24.0 Å². The van der Waals surface area contributed by atoms with Crippen LogP contribution in [-0.2, 0) is 4.79 Å². The van der Waals surface area contributed by atoms with E-state index in [1.54, 1.807) is 0 Å². The Morgan fingerprint density at radius 3 is 2.55 bits per heavy atom. The molecule has 0 bridgehead atoms. The number of aliphatic carboxylic acids is 1. The average molecular weight is 287 g/mol. The molecule has 1 N–H and O–H groups in total. The van der Waals surface area contributed by atoms with E-state index in [0.29, 0.717) is 25.0 Å². The molecule has 0 spiro atoms. The molecule has 108 valence electrons. The summed E-state index contributed by atoms with van der Waals surface area (Å²) in [5.74, 6) is -3.69. The first-order chi connectivity index (χ1) is 9.33. The number of hydrogen-bond acceptors (Lipinski definition) is 4. The second-order valence-electron chi connectivity index (χ2n) is 4.85. The SMILES string of the molecule is O=C(O)CC1(COc2cc(F)c([N+](=O)[O-])cc2F)CC1. The van der Waals surface area contributed by atoms with Crippen LogP contribution in [0.3, 0.4) is 0 Å². The predicted molar refractivity (Wildman–Crippen MR) is 62.4 cm³/mol. The predicted octanol–water partition coefficient (Wildman–Crippen LogP) is 2.51. The molecule has 0 aliphatic heterocycles. The summed E-state index contributed by atoms with van der Waals surface area (Å²) >= 11 is 0. The third kappa shape index (κ3) is 3.01. The first-order valence-corrected chi connectivity index (χ1v) is 5.81. The molecule has 8 heteroatoms. The van der Waals surface area contributed by atoms with Crippen molar-refractivity contribution in [3.05, 3.63) is 33.9 Å². The van der Waals surface area contributed by atoms with Gasteiger partial charge < -0.3 is 9.84 Å². The minimum atomic E-state index is -1.20. The molecule has 2 rings (SSSR count). The van der Waals surface area contributed by atoms with Gasteiger partial charge in [-0.15, -0.1) is 0 Å². The van der Waals surface area contributed by atoms with E-state index in [0.717, 1.165) is 0 Å². The fourth-order valence-electron chi connectivity index (χ4n) is 1.87. The second-order valence-corrected chi connectivity index (χ2v) is 4.85. The molecular formula is C12H11F2NO5. The van der Waals surface area contributed by atoms with Crippen LogP contribution in [0.5, 0.6) is 5.75 Å². The molecule has 6 nitrogen and oxygen atoms in total. The summed E-state index contributed by atoms with van der Waals surface area (Å²) in [6.45, 7) is -0.0620. The molecule has 0 heterocycles. The van der Waals surface area contributed by atoms with Crippen LogP contribution in [-0.4, -0.2) is 22.6 Å². The zero-order valence-electron chi connectivity index (χ0n) is 10.3. The van der Waals surface area contributed by atoms with E-state index in [4.69, 9.17) is 9.84 Å². The first-order valence-electron chi connectivity index (χ1n) is 5.81. The highest BCUT2D eigenvalue weighted by Gasteiger charge is 2.45. The van der Waals surface area contributed by atoms with Crippen molar-refractivity contribution in [2.24, 2.45) is 5.41 Å². The summed E-state index contributed by atoms with van der Waals surface area (Å²) in [6, 6.07) is 1.05. The number of carboxylic acids is 1. The Balaban J connectivity index is 2.09. The number of halogens is 2. The van der Waals surface area contributed by atoms with E-state index >= 15 is 0 Å². The smallest absolute Gasteiger partial charge is 0.307 e. The highest BCUT2D eigenvalue weighted by atomic mass is 19.1. The van der Waals surface area contributed by atoms with Crippen LogP contribution in [0.2, 0.25) is 0 Å². The van der Waals surface area contributed by atoms with Crippen molar-refractivity contribution < 1.29 is 28.3 Å². The lowest BCUT2D eigenvalue weighted by Crippen LogP contribution is -2.17. The zero-order valence-corrected chi connectivity index (χ0v) is 10.3. The molecule has 0 unspecified atom stereocenters. The number of benzene rings is 1. The van der Waals surface area contributed by atoms with Crippen molar-refractivity contribution in [2.75, 3.05) is 6.61 Å². The molecule has 0 atom stereocenters. The lowest BCUT2D eigenvalue weighted by Gasteiger charge is -2.14. The van der Waals surface area contributed by atoms with E-state index in [2.05, 4.69) is 0 Å². The van der Waals surface area contributed by atoms with E-state index in [9.17, 15) is 23.7 Å². The fraction of sp³-hybridized carbons (Fsp3) is 0.417. The number of carboxylic acid groups (broad SMARTS) is 1. The van der Waals surface area contributed by atoms with Gasteiger partial charge in [-0.05, 0) is 12.8 Å². The van der Waals surface area contributed by atoms with E-state index in [1.165, 1.54) is 0 Å². The second kappa shape index (κ2) is 5.03. The Labute approximate surface area is 112 Å². The molecule has 0 saturated heterocycles. The monoisotopic (exact) mass is 287 g/mol. The molecule has 1 aromatic carbocycles. The van der Waals surface area contributed by atoms with Crippen LogP contribution in [0.25, 0.3) is 0 Å². The van der Waals surface area contributed by atoms with Crippen LogP contribution in [0.15, 0.2) is 12.1 Å². The average Bonchev–Trinajstić information content (AvgIpc) is 3.08. The molecule has 1 fully saturated rings. The Bertz CT molecular complexity index is 571. The number of rotatable bonds is 6. The quantitative estimate of drug-likeness (QED) is 0.641. The molecule has 0 radical (unpaired) electrons. The summed E-state index contributed by atoms with van der Waals surface area (Å²) in [6.07, 6.45) is 1.16. The highest BCUT2D eigenvalue weighted by Crippen LogP contribution is 2.49. The first kappa shape index (κ1) is 14.2. The molecule has 1 aromatic rings. The van der Waals surface area contributed by atoms with Gasteiger partial charge in [0.25, 0.3) is 0 Å². The lowest BCUT2D eigenvalue weighted by molar-refractivity contribution is -0.387. The summed E-state index contributed by atoms with van der Waals surface area (Å²) in [7, 11) is 0. The normalized spacial score (nSPS) is 15.7. The topological polar surface area (TPSA) is 89.7 Å². The molecule has 1 aliphatic carbocycles. The number of nitro benzene ring substituents is 1. The van der Waals surface area contributed by atoms with E-state index in [-0.39, 0.29) is 13.0 Å². The minimum absolute atomic E-state index is 0.0620. The van der Waals surface area contributed by atoms with Gasteiger partial charge in [0.1, 0.15) is 0 Å². The van der Waals surface area contributed by atoms with Crippen LogP contribution in [0.1, 0.15) is 19.3 Å². The lowest BCUT2D eigenvalue weighted by atomic mass is 10.0. The van der Waals surface area contributed by atoms with Crippen molar-refractivity contribution in [1.82, 2.24) is 0 Å². The maximum absolute atomic E-state index is 13.5. The van der Waals surface area contributed by atoms with Gasteiger partial charge in [-0.3, -0.25) is 14.9 Å². The molecule has 0 aromatic heterocycles. The van der Waals surface area contributed by atoms with Gasteiger partial charge in [0, 0.05) is 11.5 Å². The van der Waals surface area contributed by atoms with Crippen molar-refractivity contribution in [3.63, 3.8) is 0 Å². The van der Waals surface area contributed by atoms with Crippen LogP contribution < -0.4 is 4.74 Å². The van der Waals surface area contributed by atoms with Gasteiger partial charge in [-0.25, -0.2) is 4.39 Å². The highest BCUT2D eigenvalue weighted by molar-refractivity contribution is 5.68. The van der Waals surface area contributed by atoms with Crippen molar-refractivity contribution >= 4 is 11.7 Å². The molecule has 0 amide bonds. The van der Waals surface area contributed by atoms with Gasteiger partial charge in [-0.2, -0.15) is 4.39 Å². The fourth-order valence-corrected chi connectivity index (χ4v) is 1.87. The number of nitro groups is 1. The summed E-state index contributed by atoms with van der Waals surface area (Å²) in [5.41, 5.74) is -1.52. The third-order valence-corrected chi connectivity index (χ3v) is 3.22. The summed E-state index contributed by atoms with van der Waals surface area (Å²) in [5, 5.41) is 19.1. The Kier molecular flexibility index (Phi) is 3.56. The molecule has 1 aliphatic rings. The Morgan fingerprint density at radius 1 is 1.40 bits per heavy atom.